The fraction of sp³-hybridized carbons (Fsp3) is 0.176. The number of aryl methyl sites for hydroxylation is 1. The highest BCUT2D eigenvalue weighted by Crippen LogP contribution is 2.32. The van der Waals surface area contributed by atoms with E-state index in [2.05, 4.69) is 20.5 Å². The van der Waals surface area contributed by atoms with Crippen molar-refractivity contribution in [2.75, 3.05) is 11.9 Å². The van der Waals surface area contributed by atoms with E-state index in [9.17, 15) is 9.90 Å². The maximum absolute atomic E-state index is 11.4. The van der Waals surface area contributed by atoms with E-state index in [1.165, 1.54) is 0 Å². The van der Waals surface area contributed by atoms with Crippen molar-refractivity contribution in [2.24, 2.45) is 7.05 Å². The normalized spacial score (nSPS) is 10.6. The zero-order chi connectivity index (χ0) is 17.1. The van der Waals surface area contributed by atoms with Crippen LogP contribution in [0.1, 0.15) is 17.4 Å². The Morgan fingerprint density at radius 3 is 2.62 bits per heavy atom. The summed E-state index contributed by atoms with van der Waals surface area (Å²) in [5.74, 6) is 0.177. The molecular formula is C17H17N5O2. The van der Waals surface area contributed by atoms with E-state index < -0.39 is 5.97 Å². The van der Waals surface area contributed by atoms with E-state index >= 15 is 0 Å². The number of aromatic nitrogens is 4. The molecule has 0 aliphatic carbocycles. The van der Waals surface area contributed by atoms with Gasteiger partial charge in [0.2, 0.25) is 0 Å². The molecule has 0 radical (unpaired) electrons. The van der Waals surface area contributed by atoms with Crippen LogP contribution in [0.5, 0.6) is 0 Å². The molecule has 0 fully saturated rings. The first kappa shape index (κ1) is 15.7. The summed E-state index contributed by atoms with van der Waals surface area (Å²) in [6, 6.07) is 11.1. The molecule has 3 rings (SSSR count). The molecule has 0 unspecified atom stereocenters. The first-order chi connectivity index (χ1) is 11.6. The Bertz CT molecular complexity index is 888. The summed E-state index contributed by atoms with van der Waals surface area (Å²) in [5, 5.41) is 20.5. The third-order valence-electron chi connectivity index (χ3n) is 3.59. The van der Waals surface area contributed by atoms with Crippen LogP contribution >= 0.6 is 0 Å². The van der Waals surface area contributed by atoms with Crippen molar-refractivity contribution in [1.29, 1.82) is 0 Å². The molecule has 0 spiro atoms. The number of nitrogens with one attached hydrogen (secondary N) is 1. The molecule has 0 atom stereocenters. The fourth-order valence-electron chi connectivity index (χ4n) is 2.52. The van der Waals surface area contributed by atoms with Crippen molar-refractivity contribution in [2.45, 2.75) is 6.92 Å². The van der Waals surface area contributed by atoms with E-state index in [4.69, 9.17) is 0 Å². The van der Waals surface area contributed by atoms with E-state index in [1.807, 2.05) is 48.9 Å². The van der Waals surface area contributed by atoms with Gasteiger partial charge in [0.1, 0.15) is 12.1 Å². The van der Waals surface area contributed by atoms with Gasteiger partial charge in [0, 0.05) is 19.2 Å². The minimum absolute atomic E-state index is 0.00350. The number of rotatable bonds is 5. The van der Waals surface area contributed by atoms with Gasteiger partial charge in [-0.25, -0.2) is 9.78 Å². The summed E-state index contributed by atoms with van der Waals surface area (Å²) >= 11 is 0. The number of hydrogen-bond acceptors (Lipinski definition) is 5. The molecule has 0 saturated heterocycles. The summed E-state index contributed by atoms with van der Waals surface area (Å²) in [4.78, 5) is 15.5. The van der Waals surface area contributed by atoms with Crippen LogP contribution in [-0.4, -0.2) is 37.4 Å². The lowest BCUT2D eigenvalue weighted by atomic mass is 9.99. The third kappa shape index (κ3) is 2.96. The molecule has 7 nitrogen and oxygen atoms in total. The number of carboxylic acids is 1. The Labute approximate surface area is 139 Å². The molecule has 24 heavy (non-hydrogen) atoms. The van der Waals surface area contributed by atoms with Crippen LogP contribution in [0.2, 0.25) is 0 Å². The van der Waals surface area contributed by atoms with E-state index in [0.717, 1.165) is 16.7 Å². The highest BCUT2D eigenvalue weighted by molar-refractivity contribution is 5.90. The van der Waals surface area contributed by atoms with Crippen LogP contribution in [0.3, 0.4) is 0 Å². The lowest BCUT2D eigenvalue weighted by molar-refractivity contribution is 0.0690. The van der Waals surface area contributed by atoms with Crippen molar-refractivity contribution >= 4 is 11.8 Å². The minimum atomic E-state index is -1.06. The smallest absolute Gasteiger partial charge is 0.354 e. The number of pyridine rings is 1. The number of hydrogen-bond donors (Lipinski definition) is 2. The highest BCUT2D eigenvalue weighted by atomic mass is 16.4. The molecule has 7 heteroatoms. The summed E-state index contributed by atoms with van der Waals surface area (Å²) in [7, 11) is 1.87. The van der Waals surface area contributed by atoms with Gasteiger partial charge >= 0.3 is 5.97 Å². The average Bonchev–Trinajstić information content (AvgIpc) is 3.01. The topological polar surface area (TPSA) is 92.9 Å². The average molecular weight is 323 g/mol. The van der Waals surface area contributed by atoms with Gasteiger partial charge < -0.3 is 15.0 Å². The van der Waals surface area contributed by atoms with Gasteiger partial charge in [0.15, 0.2) is 11.5 Å². The predicted molar refractivity (Wildman–Crippen MR) is 90.8 cm³/mol. The van der Waals surface area contributed by atoms with Crippen LogP contribution in [0, 0.1) is 0 Å². The molecule has 1 aromatic carbocycles. The third-order valence-corrected chi connectivity index (χ3v) is 3.59. The van der Waals surface area contributed by atoms with E-state index in [0.29, 0.717) is 18.2 Å². The quantitative estimate of drug-likeness (QED) is 0.750. The second kappa shape index (κ2) is 6.49. The molecule has 2 heterocycles. The number of benzene rings is 1. The van der Waals surface area contributed by atoms with Crippen molar-refractivity contribution in [3.05, 3.63) is 48.4 Å². The number of carbonyl (C=O) groups is 1. The van der Waals surface area contributed by atoms with Crippen molar-refractivity contribution in [3.8, 4) is 22.5 Å². The molecule has 2 N–H and O–H groups in total. The van der Waals surface area contributed by atoms with Crippen LogP contribution < -0.4 is 5.32 Å². The molecule has 2 aromatic heterocycles. The van der Waals surface area contributed by atoms with Gasteiger partial charge in [-0.3, -0.25) is 0 Å². The minimum Gasteiger partial charge on any atom is -0.477 e. The standard InChI is InChI=1S/C17H17N5O2/c1-3-18-15-9-11(8-14(20-15)17(23)24)12-6-4-5-7-13(12)16-21-19-10-22(16)2/h4-10H,3H2,1-2H3,(H,18,20)(H,23,24). The Kier molecular flexibility index (Phi) is 4.24. The Morgan fingerprint density at radius 1 is 1.25 bits per heavy atom. The molecule has 0 saturated carbocycles. The van der Waals surface area contributed by atoms with Gasteiger partial charge in [-0.2, -0.15) is 0 Å². The molecule has 122 valence electrons. The Hall–Kier alpha value is -3.22. The Morgan fingerprint density at radius 2 is 2.00 bits per heavy atom. The lowest BCUT2D eigenvalue weighted by Crippen LogP contribution is -2.06. The molecule has 3 aromatic rings. The SMILES string of the molecule is CCNc1cc(-c2ccccc2-c2nncn2C)cc(C(=O)O)n1. The van der Waals surface area contributed by atoms with Gasteiger partial charge in [-0.1, -0.05) is 24.3 Å². The van der Waals surface area contributed by atoms with Crippen LogP contribution in [-0.2, 0) is 7.05 Å². The molecular weight excluding hydrogens is 306 g/mol. The molecule has 0 aliphatic rings. The van der Waals surface area contributed by atoms with Crippen LogP contribution in [0.4, 0.5) is 5.82 Å². The maximum Gasteiger partial charge on any atom is 0.354 e. The van der Waals surface area contributed by atoms with Crippen molar-refractivity contribution in [3.63, 3.8) is 0 Å². The number of aromatic carboxylic acids is 1. The summed E-state index contributed by atoms with van der Waals surface area (Å²) in [6.07, 6.45) is 1.63. The highest BCUT2D eigenvalue weighted by Gasteiger charge is 2.15. The second-order valence-corrected chi connectivity index (χ2v) is 5.27. The number of nitrogens with zero attached hydrogens (tertiary/aromatic N) is 4. The molecule has 0 aliphatic heterocycles. The van der Waals surface area contributed by atoms with Crippen molar-refractivity contribution < 1.29 is 9.90 Å². The zero-order valence-electron chi connectivity index (χ0n) is 13.4. The number of anilines is 1. The number of carboxylic acid groups (broad SMARTS) is 1. The van der Waals surface area contributed by atoms with Crippen LogP contribution in [0.15, 0.2) is 42.7 Å². The second-order valence-electron chi connectivity index (χ2n) is 5.27. The van der Waals surface area contributed by atoms with Gasteiger partial charge in [0.25, 0.3) is 0 Å². The van der Waals surface area contributed by atoms with E-state index in [1.54, 1.807) is 12.4 Å². The largest absolute Gasteiger partial charge is 0.477 e. The Balaban J connectivity index is 2.19. The predicted octanol–water partition coefficient (Wildman–Crippen LogP) is 2.67. The first-order valence-corrected chi connectivity index (χ1v) is 7.53. The summed E-state index contributed by atoms with van der Waals surface area (Å²) < 4.78 is 1.82. The van der Waals surface area contributed by atoms with Gasteiger partial charge in [-0.15, -0.1) is 10.2 Å². The lowest BCUT2D eigenvalue weighted by Gasteiger charge is -2.12. The first-order valence-electron chi connectivity index (χ1n) is 7.53. The monoisotopic (exact) mass is 323 g/mol. The summed E-state index contributed by atoms with van der Waals surface area (Å²) in [5.41, 5.74) is 2.51. The summed E-state index contributed by atoms with van der Waals surface area (Å²) in [6.45, 7) is 2.59. The van der Waals surface area contributed by atoms with E-state index in [-0.39, 0.29) is 5.69 Å². The zero-order valence-corrected chi connectivity index (χ0v) is 13.4. The maximum atomic E-state index is 11.4. The van der Waals surface area contributed by atoms with Crippen LogP contribution in [0.25, 0.3) is 22.5 Å². The molecule has 0 bridgehead atoms. The van der Waals surface area contributed by atoms with Crippen molar-refractivity contribution in [1.82, 2.24) is 19.7 Å². The fourth-order valence-corrected chi connectivity index (χ4v) is 2.52. The molecule has 0 amide bonds. The van der Waals surface area contributed by atoms with Gasteiger partial charge in [0.05, 0.1) is 0 Å². The van der Waals surface area contributed by atoms with Gasteiger partial charge in [-0.05, 0) is 30.2 Å².